The Morgan fingerprint density at radius 1 is 1.12 bits per heavy atom. The van der Waals surface area contributed by atoms with Gasteiger partial charge in [0, 0.05) is 11.8 Å². The van der Waals surface area contributed by atoms with Crippen LogP contribution in [0, 0.1) is 6.92 Å². The minimum Gasteiger partial charge on any atom is -0.349 e. The number of benzene rings is 2. The van der Waals surface area contributed by atoms with Gasteiger partial charge in [-0.1, -0.05) is 42.0 Å². The molecule has 2 aromatic rings. The molecular formula is C20H22N2O2S. The minimum atomic E-state index is -0.120. The number of para-hydroxylation sites is 1. The summed E-state index contributed by atoms with van der Waals surface area (Å²) in [6.45, 7) is 2.06. The number of rotatable bonds is 7. The van der Waals surface area contributed by atoms with Crippen molar-refractivity contribution in [1.29, 1.82) is 0 Å². The third kappa shape index (κ3) is 5.36. The summed E-state index contributed by atoms with van der Waals surface area (Å²) in [6.07, 6.45) is 2.08. The molecule has 1 aliphatic rings. The van der Waals surface area contributed by atoms with Crippen LogP contribution in [0.15, 0.2) is 48.5 Å². The van der Waals surface area contributed by atoms with Crippen LogP contribution in [0.1, 0.15) is 34.3 Å². The second kappa shape index (κ2) is 8.21. The van der Waals surface area contributed by atoms with Crippen molar-refractivity contribution in [2.24, 2.45) is 0 Å². The number of hydrogen-bond acceptors (Lipinski definition) is 3. The Labute approximate surface area is 152 Å². The molecular weight excluding hydrogens is 332 g/mol. The molecule has 0 saturated heterocycles. The Morgan fingerprint density at radius 3 is 2.68 bits per heavy atom. The van der Waals surface area contributed by atoms with Crippen LogP contribution in [0.5, 0.6) is 0 Å². The van der Waals surface area contributed by atoms with Crippen LogP contribution in [0.4, 0.5) is 5.69 Å². The van der Waals surface area contributed by atoms with E-state index in [1.165, 1.54) is 11.1 Å². The standard InChI is InChI=1S/C20H22N2O2S/c1-14-5-4-6-15(11-14)12-25-13-19(23)22-18-8-3-2-7-17(18)20(24)21-16-9-10-16/h2-8,11,16H,9-10,12-13H2,1H3,(H,21,24)(H,22,23). The number of carbonyl (C=O) groups is 2. The molecule has 0 radical (unpaired) electrons. The van der Waals surface area contributed by atoms with Crippen LogP contribution in [0.2, 0.25) is 0 Å². The molecule has 3 rings (SSSR count). The lowest BCUT2D eigenvalue weighted by atomic mass is 10.1. The molecule has 130 valence electrons. The molecule has 4 nitrogen and oxygen atoms in total. The van der Waals surface area contributed by atoms with Gasteiger partial charge in [-0.05, 0) is 37.5 Å². The van der Waals surface area contributed by atoms with E-state index in [9.17, 15) is 9.59 Å². The molecule has 0 bridgehead atoms. The summed E-state index contributed by atoms with van der Waals surface area (Å²) in [4.78, 5) is 24.5. The van der Waals surface area contributed by atoms with Gasteiger partial charge >= 0.3 is 0 Å². The molecule has 5 heteroatoms. The van der Waals surface area contributed by atoms with E-state index >= 15 is 0 Å². The fraction of sp³-hybridized carbons (Fsp3) is 0.300. The van der Waals surface area contributed by atoms with Crippen LogP contribution in [-0.4, -0.2) is 23.6 Å². The number of thioether (sulfide) groups is 1. The molecule has 1 fully saturated rings. The topological polar surface area (TPSA) is 58.2 Å². The summed E-state index contributed by atoms with van der Waals surface area (Å²) < 4.78 is 0. The summed E-state index contributed by atoms with van der Waals surface area (Å²) >= 11 is 1.56. The van der Waals surface area contributed by atoms with Crippen molar-refractivity contribution in [2.45, 2.75) is 31.6 Å². The van der Waals surface area contributed by atoms with Crippen molar-refractivity contribution in [3.63, 3.8) is 0 Å². The van der Waals surface area contributed by atoms with Gasteiger partial charge in [0.05, 0.1) is 17.0 Å². The number of carbonyl (C=O) groups excluding carboxylic acids is 2. The van der Waals surface area contributed by atoms with Gasteiger partial charge in [0.15, 0.2) is 0 Å². The third-order valence-corrected chi connectivity index (χ3v) is 4.95. The predicted molar refractivity (Wildman–Crippen MR) is 103 cm³/mol. The van der Waals surface area contributed by atoms with Gasteiger partial charge in [-0.25, -0.2) is 0 Å². The first kappa shape index (κ1) is 17.5. The third-order valence-electron chi connectivity index (χ3n) is 3.94. The van der Waals surface area contributed by atoms with E-state index in [4.69, 9.17) is 0 Å². The Hall–Kier alpha value is -2.27. The van der Waals surface area contributed by atoms with Crippen LogP contribution in [0.25, 0.3) is 0 Å². The van der Waals surface area contributed by atoms with Crippen LogP contribution in [0.3, 0.4) is 0 Å². The average molecular weight is 354 g/mol. The first-order chi connectivity index (χ1) is 12.1. The number of hydrogen-bond donors (Lipinski definition) is 2. The molecule has 25 heavy (non-hydrogen) atoms. The second-order valence-corrected chi connectivity index (χ2v) is 7.31. The van der Waals surface area contributed by atoms with E-state index in [1.807, 2.05) is 18.2 Å². The summed E-state index contributed by atoms with van der Waals surface area (Å²) in [7, 11) is 0. The molecule has 0 spiro atoms. The second-order valence-electron chi connectivity index (χ2n) is 6.32. The summed E-state index contributed by atoms with van der Waals surface area (Å²) in [6, 6.07) is 15.7. The first-order valence-corrected chi connectivity index (χ1v) is 9.60. The van der Waals surface area contributed by atoms with Gasteiger partial charge in [-0.15, -0.1) is 11.8 Å². The van der Waals surface area contributed by atoms with E-state index in [2.05, 4.69) is 35.8 Å². The highest BCUT2D eigenvalue weighted by Crippen LogP contribution is 2.22. The molecule has 2 aromatic carbocycles. The Balaban J connectivity index is 1.53. The predicted octanol–water partition coefficient (Wildman–Crippen LogP) is 3.76. The SMILES string of the molecule is Cc1cccc(CSCC(=O)Nc2ccccc2C(=O)NC2CC2)c1. The monoisotopic (exact) mass is 354 g/mol. The maximum absolute atomic E-state index is 12.3. The zero-order valence-corrected chi connectivity index (χ0v) is 15.1. The van der Waals surface area contributed by atoms with Crippen molar-refractivity contribution in [3.05, 3.63) is 65.2 Å². The maximum atomic E-state index is 12.3. The number of nitrogens with one attached hydrogen (secondary N) is 2. The molecule has 0 aliphatic heterocycles. The number of anilines is 1. The first-order valence-electron chi connectivity index (χ1n) is 8.45. The Morgan fingerprint density at radius 2 is 1.92 bits per heavy atom. The zero-order chi connectivity index (χ0) is 17.6. The molecule has 0 heterocycles. The van der Waals surface area contributed by atoms with Crippen molar-refractivity contribution in [2.75, 3.05) is 11.1 Å². The van der Waals surface area contributed by atoms with Gasteiger partial charge in [0.1, 0.15) is 0 Å². The summed E-state index contributed by atoms with van der Waals surface area (Å²) in [5.74, 6) is 0.931. The summed E-state index contributed by atoms with van der Waals surface area (Å²) in [5.41, 5.74) is 3.52. The fourth-order valence-corrected chi connectivity index (χ4v) is 3.31. The van der Waals surface area contributed by atoms with E-state index in [0.717, 1.165) is 18.6 Å². The highest BCUT2D eigenvalue weighted by atomic mass is 32.2. The van der Waals surface area contributed by atoms with Gasteiger partial charge in [-0.3, -0.25) is 9.59 Å². The molecule has 2 amide bonds. The Kier molecular flexibility index (Phi) is 5.76. The molecule has 0 atom stereocenters. The van der Waals surface area contributed by atoms with E-state index in [0.29, 0.717) is 23.0 Å². The van der Waals surface area contributed by atoms with Gasteiger partial charge in [0.2, 0.25) is 5.91 Å². The molecule has 2 N–H and O–H groups in total. The molecule has 0 unspecified atom stereocenters. The summed E-state index contributed by atoms with van der Waals surface area (Å²) in [5, 5.41) is 5.82. The van der Waals surface area contributed by atoms with Crippen LogP contribution < -0.4 is 10.6 Å². The lowest BCUT2D eigenvalue weighted by Crippen LogP contribution is -2.27. The fourth-order valence-electron chi connectivity index (χ4n) is 2.53. The number of amides is 2. The molecule has 1 aliphatic carbocycles. The lowest BCUT2D eigenvalue weighted by Gasteiger charge is -2.11. The minimum absolute atomic E-state index is 0.0932. The van der Waals surface area contributed by atoms with E-state index in [1.54, 1.807) is 23.9 Å². The average Bonchev–Trinajstić information content (AvgIpc) is 3.39. The van der Waals surface area contributed by atoms with Crippen molar-refractivity contribution < 1.29 is 9.59 Å². The highest BCUT2D eigenvalue weighted by molar-refractivity contribution is 7.99. The normalized spacial score (nSPS) is 13.3. The van der Waals surface area contributed by atoms with Crippen molar-refractivity contribution in [3.8, 4) is 0 Å². The van der Waals surface area contributed by atoms with Gasteiger partial charge in [-0.2, -0.15) is 0 Å². The van der Waals surface area contributed by atoms with Crippen molar-refractivity contribution >= 4 is 29.3 Å². The largest absolute Gasteiger partial charge is 0.349 e. The lowest BCUT2D eigenvalue weighted by molar-refractivity contribution is -0.113. The Bertz CT molecular complexity index is 772. The van der Waals surface area contributed by atoms with Crippen LogP contribution in [-0.2, 0) is 10.5 Å². The van der Waals surface area contributed by atoms with E-state index < -0.39 is 0 Å². The number of aryl methyl sites for hydroxylation is 1. The van der Waals surface area contributed by atoms with E-state index in [-0.39, 0.29) is 11.8 Å². The molecule has 0 aromatic heterocycles. The van der Waals surface area contributed by atoms with Crippen molar-refractivity contribution in [1.82, 2.24) is 5.32 Å². The van der Waals surface area contributed by atoms with Crippen LogP contribution >= 0.6 is 11.8 Å². The highest BCUT2D eigenvalue weighted by Gasteiger charge is 2.24. The quantitative estimate of drug-likeness (QED) is 0.796. The van der Waals surface area contributed by atoms with Gasteiger partial charge < -0.3 is 10.6 Å². The van der Waals surface area contributed by atoms with Gasteiger partial charge in [0.25, 0.3) is 5.91 Å². The zero-order valence-electron chi connectivity index (χ0n) is 14.2. The molecule has 1 saturated carbocycles. The smallest absolute Gasteiger partial charge is 0.253 e. The maximum Gasteiger partial charge on any atom is 0.253 e.